The fraction of sp³-hybridized carbons (Fsp3) is 0.935. The number of phosphoric ester groups is 2. The highest BCUT2D eigenvalue weighted by Gasteiger charge is 2.30. The lowest BCUT2D eigenvalue weighted by Crippen LogP contribution is -2.30. The lowest BCUT2D eigenvalue weighted by atomic mass is 10.00. The van der Waals surface area contributed by atoms with Crippen LogP contribution in [-0.4, -0.2) is 96.7 Å². The highest BCUT2D eigenvalue weighted by Crippen LogP contribution is 2.45. The summed E-state index contributed by atoms with van der Waals surface area (Å²) in [5, 5.41) is 10.5. The topological polar surface area (TPSA) is 237 Å². The molecule has 19 heteroatoms. The number of ether oxygens (including phenoxy) is 4. The molecule has 3 N–H and O–H groups in total. The molecule has 0 radical (unpaired) electrons. The second kappa shape index (κ2) is 52.4. The summed E-state index contributed by atoms with van der Waals surface area (Å²) >= 11 is 0. The average Bonchev–Trinajstić information content (AvgIpc) is 3.42. The van der Waals surface area contributed by atoms with Gasteiger partial charge in [0.25, 0.3) is 0 Å². The van der Waals surface area contributed by atoms with Crippen molar-refractivity contribution in [1.82, 2.24) is 0 Å². The third-order valence-electron chi connectivity index (χ3n) is 14.8. The van der Waals surface area contributed by atoms with Gasteiger partial charge in [0.2, 0.25) is 0 Å². The first-order valence-electron chi connectivity index (χ1n) is 32.3. The number of aliphatic hydroxyl groups is 1. The molecule has 0 rings (SSSR count). The first-order chi connectivity index (χ1) is 38.7. The number of phosphoric acid groups is 2. The number of rotatable bonds is 59. The van der Waals surface area contributed by atoms with E-state index in [0.717, 1.165) is 120 Å². The molecule has 480 valence electrons. The van der Waals surface area contributed by atoms with E-state index in [9.17, 15) is 43.2 Å². The van der Waals surface area contributed by atoms with Crippen molar-refractivity contribution in [1.29, 1.82) is 0 Å². The molecule has 0 aliphatic carbocycles. The molecule has 0 aromatic heterocycles. The molecule has 0 aliphatic rings. The minimum absolute atomic E-state index is 0.102. The molecule has 0 fully saturated rings. The summed E-state index contributed by atoms with van der Waals surface area (Å²) in [7, 11) is -9.89. The fourth-order valence-electron chi connectivity index (χ4n) is 9.01. The second-order valence-electron chi connectivity index (χ2n) is 23.9. The maximum Gasteiger partial charge on any atom is 0.472 e. The molecule has 0 heterocycles. The third-order valence-corrected chi connectivity index (χ3v) is 16.7. The van der Waals surface area contributed by atoms with Crippen LogP contribution in [0.3, 0.4) is 0 Å². The summed E-state index contributed by atoms with van der Waals surface area (Å²) in [5.74, 6) is 0.730. The lowest BCUT2D eigenvalue weighted by molar-refractivity contribution is -0.161. The van der Waals surface area contributed by atoms with Gasteiger partial charge < -0.3 is 33.8 Å². The number of aliphatic hydroxyl groups excluding tert-OH is 1. The number of carbonyl (C=O) groups excluding carboxylic acids is 4. The molecule has 7 atom stereocenters. The molecular weight excluding hydrogens is 1080 g/mol. The molecule has 81 heavy (non-hydrogen) atoms. The standard InChI is InChI=1S/C62H120O17P2/c1-9-54(7)40-32-24-18-20-26-34-42-59(64)72-48-57(78-61(66)44-36-28-16-12-11-14-22-30-38-52(3)4)50-76-80(68,69)74-46-56(63)47-75-81(70,71)77-51-58(79-62(67)45-37-29-17-13-15-23-31-39-53(5)6)49-73-60(65)43-35-27-21-19-25-33-41-55(8)10-2/h52-58,63H,9-51H2,1-8H3,(H,68,69)(H,70,71)/t54?,55?,56-,57-,58-/m1/s1. The van der Waals surface area contributed by atoms with Gasteiger partial charge in [0, 0.05) is 25.7 Å². The van der Waals surface area contributed by atoms with Gasteiger partial charge in [-0.15, -0.1) is 0 Å². The van der Waals surface area contributed by atoms with E-state index in [1.54, 1.807) is 0 Å². The summed E-state index contributed by atoms with van der Waals surface area (Å²) in [6, 6.07) is 0. The van der Waals surface area contributed by atoms with Crippen LogP contribution in [0.15, 0.2) is 0 Å². The first-order valence-corrected chi connectivity index (χ1v) is 35.3. The zero-order valence-electron chi connectivity index (χ0n) is 52.4. The Morgan fingerprint density at radius 2 is 0.593 bits per heavy atom. The van der Waals surface area contributed by atoms with Gasteiger partial charge in [-0.2, -0.15) is 0 Å². The van der Waals surface area contributed by atoms with Crippen LogP contribution in [0.2, 0.25) is 0 Å². The fourth-order valence-corrected chi connectivity index (χ4v) is 10.6. The van der Waals surface area contributed by atoms with Crippen LogP contribution in [-0.2, 0) is 65.4 Å². The molecule has 0 amide bonds. The molecule has 0 aromatic rings. The summed E-state index contributed by atoms with van der Waals surface area (Å²) in [6.07, 6.45) is 30.9. The van der Waals surface area contributed by atoms with Crippen molar-refractivity contribution in [2.75, 3.05) is 39.6 Å². The maximum atomic E-state index is 12.9. The van der Waals surface area contributed by atoms with Crippen molar-refractivity contribution in [3.63, 3.8) is 0 Å². The molecular formula is C62H120O17P2. The van der Waals surface area contributed by atoms with Crippen LogP contribution in [0.1, 0.15) is 293 Å². The summed E-state index contributed by atoms with van der Waals surface area (Å²) in [4.78, 5) is 72.1. The van der Waals surface area contributed by atoms with Crippen molar-refractivity contribution in [2.45, 2.75) is 311 Å². The molecule has 4 unspecified atom stereocenters. The van der Waals surface area contributed by atoms with E-state index in [1.807, 2.05) is 0 Å². The van der Waals surface area contributed by atoms with Crippen molar-refractivity contribution in [2.24, 2.45) is 23.7 Å². The number of carbonyl (C=O) groups is 4. The Kier molecular flexibility index (Phi) is 51.1. The molecule has 0 aromatic carbocycles. The van der Waals surface area contributed by atoms with E-state index < -0.39 is 97.5 Å². The van der Waals surface area contributed by atoms with Crippen LogP contribution in [0.25, 0.3) is 0 Å². The minimum Gasteiger partial charge on any atom is -0.462 e. The van der Waals surface area contributed by atoms with Crippen molar-refractivity contribution in [3.8, 4) is 0 Å². The van der Waals surface area contributed by atoms with Gasteiger partial charge in [0.15, 0.2) is 12.2 Å². The zero-order valence-corrected chi connectivity index (χ0v) is 54.2. The zero-order chi connectivity index (χ0) is 60.4. The monoisotopic (exact) mass is 1200 g/mol. The summed E-state index contributed by atoms with van der Waals surface area (Å²) in [5.41, 5.74) is 0. The van der Waals surface area contributed by atoms with E-state index in [1.165, 1.54) is 83.5 Å². The van der Waals surface area contributed by atoms with Crippen LogP contribution in [0, 0.1) is 23.7 Å². The Labute approximate surface area is 492 Å². The largest absolute Gasteiger partial charge is 0.472 e. The predicted molar refractivity (Wildman–Crippen MR) is 321 cm³/mol. The first kappa shape index (κ1) is 79.1. The van der Waals surface area contributed by atoms with Gasteiger partial charge in [-0.3, -0.25) is 37.3 Å². The van der Waals surface area contributed by atoms with E-state index in [2.05, 4.69) is 55.4 Å². The van der Waals surface area contributed by atoms with E-state index in [-0.39, 0.29) is 25.7 Å². The lowest BCUT2D eigenvalue weighted by Gasteiger charge is -2.21. The summed E-state index contributed by atoms with van der Waals surface area (Å²) < 4.78 is 67.9. The van der Waals surface area contributed by atoms with E-state index >= 15 is 0 Å². The average molecular weight is 1200 g/mol. The molecule has 0 bridgehead atoms. The molecule has 0 aliphatic heterocycles. The van der Waals surface area contributed by atoms with Gasteiger partial charge in [-0.1, -0.05) is 242 Å². The van der Waals surface area contributed by atoms with Crippen LogP contribution >= 0.6 is 15.6 Å². The van der Waals surface area contributed by atoms with Crippen LogP contribution in [0.5, 0.6) is 0 Å². The van der Waals surface area contributed by atoms with Crippen molar-refractivity contribution < 1.29 is 80.2 Å². The number of esters is 4. The van der Waals surface area contributed by atoms with E-state index in [4.69, 9.17) is 37.0 Å². The SMILES string of the molecule is CCC(C)CCCCCCCCC(=O)OC[C@H](COP(=O)(O)OC[C@@H](O)COP(=O)(O)OC[C@@H](COC(=O)CCCCCCCCC(C)CC)OC(=O)CCCCCCCCCC(C)C)OC(=O)CCCCCCCCCCC(C)C. The Balaban J connectivity index is 5.27. The van der Waals surface area contributed by atoms with Gasteiger partial charge in [-0.05, 0) is 49.4 Å². The second-order valence-corrected chi connectivity index (χ2v) is 26.8. The normalized spacial score (nSPS) is 15.2. The van der Waals surface area contributed by atoms with Gasteiger partial charge in [-0.25, -0.2) is 9.13 Å². The summed E-state index contributed by atoms with van der Waals surface area (Å²) in [6.45, 7) is 13.9. The smallest absolute Gasteiger partial charge is 0.462 e. The van der Waals surface area contributed by atoms with Crippen LogP contribution < -0.4 is 0 Å². The highest BCUT2D eigenvalue weighted by molar-refractivity contribution is 7.47. The Bertz CT molecular complexity index is 1630. The molecule has 0 saturated carbocycles. The van der Waals surface area contributed by atoms with E-state index in [0.29, 0.717) is 31.6 Å². The van der Waals surface area contributed by atoms with Gasteiger partial charge in [0.05, 0.1) is 26.4 Å². The maximum absolute atomic E-state index is 12.9. The van der Waals surface area contributed by atoms with Crippen LogP contribution in [0.4, 0.5) is 0 Å². The Morgan fingerprint density at radius 1 is 0.346 bits per heavy atom. The highest BCUT2D eigenvalue weighted by atomic mass is 31.2. The minimum atomic E-state index is -4.94. The number of unbranched alkanes of at least 4 members (excludes halogenated alkanes) is 23. The number of hydrogen-bond donors (Lipinski definition) is 3. The van der Waals surface area contributed by atoms with Gasteiger partial charge in [0.1, 0.15) is 19.3 Å². The van der Waals surface area contributed by atoms with Crippen molar-refractivity contribution >= 4 is 39.5 Å². The third kappa shape index (κ3) is 54.5. The quantitative estimate of drug-likeness (QED) is 0.0222. The molecule has 17 nitrogen and oxygen atoms in total. The Hall–Kier alpha value is -1.94. The predicted octanol–water partition coefficient (Wildman–Crippen LogP) is 16.6. The molecule has 0 saturated heterocycles. The number of hydrogen-bond acceptors (Lipinski definition) is 15. The van der Waals surface area contributed by atoms with Crippen molar-refractivity contribution in [3.05, 3.63) is 0 Å². The molecule has 0 spiro atoms. The Morgan fingerprint density at radius 3 is 0.877 bits per heavy atom. The van der Waals surface area contributed by atoms with Gasteiger partial charge >= 0.3 is 39.5 Å².